The van der Waals surface area contributed by atoms with Crippen LogP contribution in [-0.4, -0.2) is 0 Å². The third-order valence-electron chi connectivity index (χ3n) is 5.38. The molecule has 0 radical (unpaired) electrons. The Hall–Kier alpha value is -2.90. The van der Waals surface area contributed by atoms with Gasteiger partial charge in [-0.3, -0.25) is 0 Å². The molecule has 0 nitrogen and oxygen atoms in total. The van der Waals surface area contributed by atoms with Gasteiger partial charge in [0.05, 0.1) is 4.83 Å². The summed E-state index contributed by atoms with van der Waals surface area (Å²) in [4.78, 5) is 0.133. The van der Waals surface area contributed by atoms with Crippen LogP contribution < -0.4 is 0 Å². The molecule has 0 N–H and O–H groups in total. The average Bonchev–Trinajstić information content (AvgIpc) is 2.78. The summed E-state index contributed by atoms with van der Waals surface area (Å²) in [7, 11) is 0. The predicted molar refractivity (Wildman–Crippen MR) is 124 cm³/mol. The van der Waals surface area contributed by atoms with Crippen molar-refractivity contribution in [1.29, 1.82) is 0 Å². The maximum absolute atomic E-state index is 4.02. The molecule has 0 aromatic heterocycles. The van der Waals surface area contributed by atoms with E-state index in [9.17, 15) is 0 Å². The number of hydrogen-bond acceptors (Lipinski definition) is 0. The number of alkyl halides is 1. The molecule has 1 heteroatoms. The molecule has 0 saturated heterocycles. The van der Waals surface area contributed by atoms with Crippen LogP contribution in [0.25, 0.3) is 32.7 Å². The predicted octanol–water partition coefficient (Wildman–Crippen LogP) is 8.14. The molecule has 5 aromatic carbocycles. The van der Waals surface area contributed by atoms with Gasteiger partial charge in [-0.1, -0.05) is 125 Å². The van der Waals surface area contributed by atoms with Crippen molar-refractivity contribution in [2.75, 3.05) is 0 Å². The van der Waals surface area contributed by atoms with E-state index in [1.165, 1.54) is 43.8 Å². The molecule has 0 saturated carbocycles. The lowest BCUT2D eigenvalue weighted by Crippen LogP contribution is -1.98. The van der Waals surface area contributed by atoms with E-state index in [0.29, 0.717) is 0 Å². The molecular weight excluding hydrogens is 404 g/mol. The molecule has 28 heavy (non-hydrogen) atoms. The molecule has 0 aliphatic rings. The van der Waals surface area contributed by atoms with Crippen LogP contribution in [0.3, 0.4) is 0 Å². The van der Waals surface area contributed by atoms with E-state index in [0.717, 1.165) is 0 Å². The maximum atomic E-state index is 4.02. The largest absolute Gasteiger partial charge is 0.0786 e. The van der Waals surface area contributed by atoms with Crippen molar-refractivity contribution in [3.8, 4) is 11.1 Å². The zero-order valence-corrected chi connectivity index (χ0v) is 16.9. The summed E-state index contributed by atoms with van der Waals surface area (Å²) in [5.74, 6) is 0. The van der Waals surface area contributed by atoms with E-state index in [1.54, 1.807) is 0 Å². The smallest absolute Gasteiger partial charge is 0.0656 e. The van der Waals surface area contributed by atoms with Crippen molar-refractivity contribution in [3.63, 3.8) is 0 Å². The third kappa shape index (κ3) is 2.83. The van der Waals surface area contributed by atoms with Gasteiger partial charge < -0.3 is 0 Å². The van der Waals surface area contributed by atoms with Gasteiger partial charge in [0.15, 0.2) is 0 Å². The lowest BCUT2D eigenvalue weighted by molar-refractivity contribution is 1.22. The van der Waals surface area contributed by atoms with Gasteiger partial charge >= 0.3 is 0 Å². The Morgan fingerprint density at radius 3 is 1.43 bits per heavy atom. The third-order valence-corrected chi connectivity index (χ3v) is 6.37. The quantitative estimate of drug-likeness (QED) is 0.203. The summed E-state index contributed by atoms with van der Waals surface area (Å²) in [5, 5.41) is 5.18. The summed E-state index contributed by atoms with van der Waals surface area (Å²) < 4.78 is 0. The molecule has 0 unspecified atom stereocenters. The molecule has 134 valence electrons. The fourth-order valence-electron chi connectivity index (χ4n) is 4.14. The molecule has 5 aromatic rings. The van der Waals surface area contributed by atoms with E-state index in [4.69, 9.17) is 0 Å². The Balaban J connectivity index is 1.92. The molecule has 0 heterocycles. The Morgan fingerprint density at radius 1 is 0.464 bits per heavy atom. The van der Waals surface area contributed by atoms with Gasteiger partial charge in [-0.25, -0.2) is 0 Å². The number of rotatable bonds is 3. The molecule has 0 aliphatic carbocycles. The fourth-order valence-corrected chi connectivity index (χ4v) is 4.94. The van der Waals surface area contributed by atoms with E-state index in [2.05, 4.69) is 125 Å². The zero-order valence-electron chi connectivity index (χ0n) is 15.3. The van der Waals surface area contributed by atoms with E-state index in [1.807, 2.05) is 0 Å². The van der Waals surface area contributed by atoms with E-state index in [-0.39, 0.29) is 4.83 Å². The summed E-state index contributed by atoms with van der Waals surface area (Å²) in [6.07, 6.45) is 0. The van der Waals surface area contributed by atoms with Crippen LogP contribution in [-0.2, 0) is 0 Å². The van der Waals surface area contributed by atoms with Crippen LogP contribution in [0.1, 0.15) is 16.0 Å². The molecule has 1 atom stereocenters. The SMILES string of the molecule is Br[C@H](c1ccccc1)c1c2ccccc2c(-c2ccccc2)c2ccccc12. The second kappa shape index (κ2) is 7.26. The van der Waals surface area contributed by atoms with Crippen molar-refractivity contribution in [3.05, 3.63) is 120 Å². The average molecular weight is 423 g/mol. The molecule has 0 amide bonds. The van der Waals surface area contributed by atoms with Gasteiger partial charge in [0, 0.05) is 0 Å². The summed E-state index contributed by atoms with van der Waals surface area (Å²) in [6.45, 7) is 0. The van der Waals surface area contributed by atoms with Gasteiger partial charge in [-0.2, -0.15) is 0 Å². The van der Waals surface area contributed by atoms with Crippen molar-refractivity contribution in [2.45, 2.75) is 4.83 Å². The minimum atomic E-state index is 0.133. The minimum absolute atomic E-state index is 0.133. The minimum Gasteiger partial charge on any atom is -0.0786 e. The second-order valence-electron chi connectivity index (χ2n) is 7.02. The first-order chi connectivity index (χ1) is 13.8. The van der Waals surface area contributed by atoms with Crippen LogP contribution in [0, 0.1) is 0 Å². The van der Waals surface area contributed by atoms with Crippen LogP contribution in [0.15, 0.2) is 109 Å². The summed E-state index contributed by atoms with van der Waals surface area (Å²) in [6, 6.07) is 38.9. The Bertz CT molecular complexity index is 1200. The number of benzene rings is 5. The van der Waals surface area contributed by atoms with Gasteiger partial charge in [-0.05, 0) is 43.8 Å². The Kier molecular flexibility index (Phi) is 4.46. The standard InChI is InChI=1S/C27H19Br/c28-27(20-13-5-2-6-14-20)26-23-17-9-7-15-21(23)25(19-11-3-1-4-12-19)22-16-8-10-18-24(22)26/h1-18,27H/t27-/m1/s1. The highest BCUT2D eigenvalue weighted by molar-refractivity contribution is 9.09. The van der Waals surface area contributed by atoms with Crippen LogP contribution in [0.2, 0.25) is 0 Å². The van der Waals surface area contributed by atoms with E-state index < -0.39 is 0 Å². The lowest BCUT2D eigenvalue weighted by Gasteiger charge is -2.20. The Morgan fingerprint density at radius 2 is 0.893 bits per heavy atom. The van der Waals surface area contributed by atoms with Gasteiger partial charge in [0.25, 0.3) is 0 Å². The molecule has 0 fully saturated rings. The molecule has 0 bridgehead atoms. The fraction of sp³-hybridized carbons (Fsp3) is 0.0370. The Labute approximate surface area is 173 Å². The number of halogens is 1. The molecular formula is C27H19Br. The van der Waals surface area contributed by atoms with Crippen molar-refractivity contribution >= 4 is 37.5 Å². The van der Waals surface area contributed by atoms with Crippen molar-refractivity contribution < 1.29 is 0 Å². The van der Waals surface area contributed by atoms with Crippen LogP contribution in [0.5, 0.6) is 0 Å². The number of hydrogen-bond donors (Lipinski definition) is 0. The summed E-state index contributed by atoms with van der Waals surface area (Å²) in [5.41, 5.74) is 5.16. The topological polar surface area (TPSA) is 0 Å². The second-order valence-corrected chi connectivity index (χ2v) is 7.93. The van der Waals surface area contributed by atoms with E-state index >= 15 is 0 Å². The van der Waals surface area contributed by atoms with Crippen molar-refractivity contribution in [1.82, 2.24) is 0 Å². The maximum Gasteiger partial charge on any atom is 0.0656 e. The normalized spacial score (nSPS) is 12.3. The monoisotopic (exact) mass is 422 g/mol. The van der Waals surface area contributed by atoms with Crippen LogP contribution in [0.4, 0.5) is 0 Å². The highest BCUT2D eigenvalue weighted by Crippen LogP contribution is 2.45. The zero-order chi connectivity index (χ0) is 18.9. The first-order valence-corrected chi connectivity index (χ1v) is 10.4. The highest BCUT2D eigenvalue weighted by Gasteiger charge is 2.20. The van der Waals surface area contributed by atoms with Gasteiger partial charge in [0.1, 0.15) is 0 Å². The summed E-state index contributed by atoms with van der Waals surface area (Å²) >= 11 is 4.02. The van der Waals surface area contributed by atoms with Crippen molar-refractivity contribution in [2.24, 2.45) is 0 Å². The number of fused-ring (bicyclic) bond motifs is 2. The first kappa shape index (κ1) is 17.2. The van der Waals surface area contributed by atoms with Crippen LogP contribution >= 0.6 is 15.9 Å². The highest BCUT2D eigenvalue weighted by atomic mass is 79.9. The lowest BCUT2D eigenvalue weighted by atomic mass is 9.86. The van der Waals surface area contributed by atoms with Gasteiger partial charge in [-0.15, -0.1) is 0 Å². The first-order valence-electron chi connectivity index (χ1n) is 9.52. The van der Waals surface area contributed by atoms with Gasteiger partial charge in [0.2, 0.25) is 0 Å². The molecule has 0 spiro atoms. The molecule has 5 rings (SSSR count). The molecule has 0 aliphatic heterocycles.